The molecule has 2 N–H and O–H groups in total. The zero-order valence-electron chi connectivity index (χ0n) is 21.2. The van der Waals surface area contributed by atoms with Crippen LogP contribution < -0.4 is 9.46 Å². The number of carbonyl (C=O) groups is 4. The van der Waals surface area contributed by atoms with Crippen LogP contribution in [0.1, 0.15) is 62.3 Å². The monoisotopic (exact) mass is 521 g/mol. The SMILES string of the molecule is CC(C)(C)C(=O)OC(=O)C(C)(C)C.COc1ccccc1C(=O)NS(=O)(=O)c1ccccc1C(=O)O. The number of esters is 2. The van der Waals surface area contributed by atoms with Crippen LogP contribution in [0.2, 0.25) is 0 Å². The summed E-state index contributed by atoms with van der Waals surface area (Å²) in [4.78, 5) is 45.4. The van der Waals surface area contributed by atoms with Crippen LogP contribution in [0, 0.1) is 10.8 Å². The summed E-state index contributed by atoms with van der Waals surface area (Å²) in [5.41, 5.74) is -1.65. The summed E-state index contributed by atoms with van der Waals surface area (Å²) < 4.78 is 36.2. The van der Waals surface area contributed by atoms with Crippen molar-refractivity contribution >= 4 is 33.8 Å². The summed E-state index contributed by atoms with van der Waals surface area (Å²) in [5.74, 6) is -3.08. The van der Waals surface area contributed by atoms with Crippen molar-refractivity contribution in [3.05, 3.63) is 59.7 Å². The van der Waals surface area contributed by atoms with Gasteiger partial charge in [-0.15, -0.1) is 0 Å². The minimum Gasteiger partial charge on any atom is -0.496 e. The zero-order chi connectivity index (χ0) is 27.9. The van der Waals surface area contributed by atoms with E-state index in [4.69, 9.17) is 14.6 Å². The van der Waals surface area contributed by atoms with E-state index in [0.717, 1.165) is 12.1 Å². The number of ether oxygens (including phenoxy) is 2. The molecule has 0 radical (unpaired) electrons. The third-order valence-electron chi connectivity index (χ3n) is 4.40. The van der Waals surface area contributed by atoms with Crippen LogP contribution in [0.3, 0.4) is 0 Å². The molecule has 196 valence electrons. The van der Waals surface area contributed by atoms with Crippen molar-refractivity contribution in [3.63, 3.8) is 0 Å². The fourth-order valence-corrected chi connectivity index (χ4v) is 3.50. The molecule has 0 aromatic heterocycles. The minimum absolute atomic E-state index is 0.0198. The van der Waals surface area contributed by atoms with Crippen LogP contribution in [0.15, 0.2) is 53.4 Å². The van der Waals surface area contributed by atoms with Gasteiger partial charge in [0.2, 0.25) is 0 Å². The quantitative estimate of drug-likeness (QED) is 0.443. The molecule has 2 aromatic carbocycles. The van der Waals surface area contributed by atoms with E-state index < -0.39 is 55.1 Å². The molecule has 0 spiro atoms. The molecular formula is C25H31NO9S. The number of nitrogens with one attached hydrogen (secondary N) is 1. The largest absolute Gasteiger partial charge is 0.496 e. The number of benzene rings is 2. The Hall–Kier alpha value is -3.73. The van der Waals surface area contributed by atoms with Gasteiger partial charge in [-0.3, -0.25) is 14.4 Å². The van der Waals surface area contributed by atoms with Crippen LogP contribution >= 0.6 is 0 Å². The third kappa shape index (κ3) is 8.49. The molecule has 0 aliphatic carbocycles. The summed E-state index contributed by atoms with van der Waals surface area (Å²) in [6.45, 7) is 10.3. The number of rotatable bonds is 5. The molecule has 2 aromatic rings. The van der Waals surface area contributed by atoms with Gasteiger partial charge in [0.05, 0.1) is 29.1 Å². The fourth-order valence-electron chi connectivity index (χ4n) is 2.33. The average molecular weight is 522 g/mol. The van der Waals surface area contributed by atoms with Gasteiger partial charge in [0.25, 0.3) is 15.9 Å². The predicted molar refractivity (Wildman–Crippen MR) is 131 cm³/mol. The number of amides is 1. The Morgan fingerprint density at radius 3 is 1.67 bits per heavy atom. The molecule has 1 amide bonds. The molecule has 0 heterocycles. The molecule has 0 atom stereocenters. The first kappa shape index (κ1) is 30.3. The van der Waals surface area contributed by atoms with E-state index in [1.807, 2.05) is 4.72 Å². The standard InChI is InChI=1S/C15H13NO6S.C10H18O3/c1-22-12-8-4-2-6-10(12)14(17)16-23(20,21)13-9-5-3-7-11(13)15(18)19;1-9(2,3)7(11)13-8(12)10(4,5)6/h2-9H,1H3,(H,16,17)(H,18,19);1-6H3. The summed E-state index contributed by atoms with van der Waals surface area (Å²) in [6, 6.07) is 11.1. The Morgan fingerprint density at radius 2 is 1.22 bits per heavy atom. The van der Waals surface area contributed by atoms with E-state index in [9.17, 15) is 27.6 Å². The number of para-hydroxylation sites is 1. The maximum absolute atomic E-state index is 12.3. The van der Waals surface area contributed by atoms with Crippen molar-refractivity contribution in [2.24, 2.45) is 10.8 Å². The first-order valence-electron chi connectivity index (χ1n) is 10.7. The fraction of sp³-hybridized carbons (Fsp3) is 0.360. The van der Waals surface area contributed by atoms with E-state index >= 15 is 0 Å². The topological polar surface area (TPSA) is 153 Å². The Bertz CT molecular complexity index is 1210. The summed E-state index contributed by atoms with van der Waals surface area (Å²) in [6.07, 6.45) is 0. The number of carboxylic acids is 1. The Labute approximate surface area is 210 Å². The van der Waals surface area contributed by atoms with Crippen LogP contribution in [0.25, 0.3) is 0 Å². The molecule has 0 aliphatic heterocycles. The first-order chi connectivity index (χ1) is 16.4. The number of sulfonamides is 1. The summed E-state index contributed by atoms with van der Waals surface area (Å²) >= 11 is 0. The highest BCUT2D eigenvalue weighted by Gasteiger charge is 2.31. The highest BCUT2D eigenvalue weighted by molar-refractivity contribution is 7.90. The second-order valence-corrected chi connectivity index (χ2v) is 11.3. The maximum Gasteiger partial charge on any atom is 0.337 e. The lowest BCUT2D eigenvalue weighted by molar-refractivity contribution is -0.171. The van der Waals surface area contributed by atoms with Gasteiger partial charge in [0.1, 0.15) is 10.6 Å². The predicted octanol–water partition coefficient (Wildman–Crippen LogP) is 3.66. The Kier molecular flexibility index (Phi) is 9.93. The first-order valence-corrected chi connectivity index (χ1v) is 12.2. The van der Waals surface area contributed by atoms with E-state index in [1.54, 1.807) is 53.7 Å². The number of hydrogen-bond donors (Lipinski definition) is 2. The lowest BCUT2D eigenvalue weighted by atomic mass is 9.95. The van der Waals surface area contributed by atoms with Gasteiger partial charge < -0.3 is 14.6 Å². The highest BCUT2D eigenvalue weighted by Crippen LogP contribution is 2.21. The Morgan fingerprint density at radius 1 is 0.778 bits per heavy atom. The van der Waals surface area contributed by atoms with Crippen LogP contribution in [-0.2, 0) is 24.3 Å². The molecule has 0 unspecified atom stereocenters. The van der Waals surface area contributed by atoms with Crippen molar-refractivity contribution in [2.45, 2.75) is 46.4 Å². The molecule has 0 aliphatic rings. The molecule has 0 saturated heterocycles. The van der Waals surface area contributed by atoms with E-state index in [-0.39, 0.29) is 11.3 Å². The van der Waals surface area contributed by atoms with Crippen LogP contribution in [0.4, 0.5) is 0 Å². The smallest absolute Gasteiger partial charge is 0.337 e. The van der Waals surface area contributed by atoms with Crippen molar-refractivity contribution in [2.75, 3.05) is 7.11 Å². The minimum atomic E-state index is -4.34. The van der Waals surface area contributed by atoms with Gasteiger partial charge in [0, 0.05) is 0 Å². The molecule has 0 bridgehead atoms. The third-order valence-corrected chi connectivity index (χ3v) is 5.78. The van der Waals surface area contributed by atoms with Gasteiger partial charge in [0.15, 0.2) is 0 Å². The Balaban J connectivity index is 0.000000426. The number of hydrogen-bond acceptors (Lipinski definition) is 8. The van der Waals surface area contributed by atoms with E-state index in [1.165, 1.54) is 31.4 Å². The van der Waals surface area contributed by atoms with Gasteiger partial charge in [-0.1, -0.05) is 24.3 Å². The molecule has 2 rings (SSSR count). The van der Waals surface area contributed by atoms with Crippen molar-refractivity contribution in [1.82, 2.24) is 4.72 Å². The van der Waals surface area contributed by atoms with E-state index in [2.05, 4.69) is 0 Å². The van der Waals surface area contributed by atoms with Crippen LogP contribution in [0.5, 0.6) is 5.75 Å². The second-order valence-electron chi connectivity index (χ2n) is 9.61. The van der Waals surface area contributed by atoms with Gasteiger partial charge in [-0.2, -0.15) is 0 Å². The average Bonchev–Trinajstić information content (AvgIpc) is 2.77. The normalized spacial score (nSPS) is 11.4. The van der Waals surface area contributed by atoms with Crippen molar-refractivity contribution < 1.29 is 42.2 Å². The molecule has 0 saturated carbocycles. The molecule has 10 nitrogen and oxygen atoms in total. The summed E-state index contributed by atoms with van der Waals surface area (Å²) in [5, 5.41) is 9.07. The molecular weight excluding hydrogens is 490 g/mol. The number of methoxy groups -OCH3 is 1. The van der Waals surface area contributed by atoms with Crippen molar-refractivity contribution in [1.29, 1.82) is 0 Å². The maximum atomic E-state index is 12.3. The molecule has 11 heteroatoms. The highest BCUT2D eigenvalue weighted by atomic mass is 32.2. The molecule has 36 heavy (non-hydrogen) atoms. The lowest BCUT2D eigenvalue weighted by Crippen LogP contribution is -2.31. The summed E-state index contributed by atoms with van der Waals surface area (Å²) in [7, 11) is -3.00. The van der Waals surface area contributed by atoms with Crippen molar-refractivity contribution in [3.8, 4) is 5.75 Å². The van der Waals surface area contributed by atoms with Gasteiger partial charge in [-0.25, -0.2) is 17.9 Å². The second kappa shape index (κ2) is 11.8. The number of carbonyl (C=O) groups excluding carboxylic acids is 3. The number of aromatic carboxylic acids is 1. The van der Waals surface area contributed by atoms with Gasteiger partial charge >= 0.3 is 17.9 Å². The lowest BCUT2D eigenvalue weighted by Gasteiger charge is -2.20. The van der Waals surface area contributed by atoms with E-state index in [0.29, 0.717) is 0 Å². The van der Waals surface area contributed by atoms with Crippen LogP contribution in [-0.4, -0.2) is 44.4 Å². The zero-order valence-corrected chi connectivity index (χ0v) is 22.1. The van der Waals surface area contributed by atoms with Gasteiger partial charge in [-0.05, 0) is 65.8 Å². The molecule has 0 fully saturated rings. The number of carboxylic acid groups (broad SMARTS) is 1.